The van der Waals surface area contributed by atoms with Crippen molar-refractivity contribution in [3.63, 3.8) is 0 Å². The molecule has 2 aromatic heterocycles. The van der Waals surface area contributed by atoms with Crippen molar-refractivity contribution in [1.29, 1.82) is 0 Å². The van der Waals surface area contributed by atoms with Crippen LogP contribution < -0.4 is 4.74 Å². The van der Waals surface area contributed by atoms with Gasteiger partial charge >= 0.3 is 5.97 Å². The molecule has 0 saturated carbocycles. The number of aliphatic carboxylic acids is 1. The van der Waals surface area contributed by atoms with Gasteiger partial charge < -0.3 is 9.84 Å². The molecule has 0 saturated heterocycles. The standard InChI is InChI=1S/C12H12N2O3S/c1-7-5-10(17-6-11(15)16)14-12(13-7)9-4-3-8(2)18-9/h3-5H,6H2,1-2H3,(H,15,16). The second kappa shape index (κ2) is 5.14. The van der Waals surface area contributed by atoms with Gasteiger partial charge in [0.1, 0.15) is 0 Å². The fourth-order valence-electron chi connectivity index (χ4n) is 1.41. The molecule has 94 valence electrons. The van der Waals surface area contributed by atoms with E-state index >= 15 is 0 Å². The average molecular weight is 264 g/mol. The van der Waals surface area contributed by atoms with E-state index < -0.39 is 12.6 Å². The molecule has 2 rings (SSSR count). The average Bonchev–Trinajstić information content (AvgIpc) is 2.72. The summed E-state index contributed by atoms with van der Waals surface area (Å²) in [6.07, 6.45) is 0. The number of hydrogen-bond donors (Lipinski definition) is 1. The Kier molecular flexibility index (Phi) is 3.57. The van der Waals surface area contributed by atoms with E-state index in [-0.39, 0.29) is 5.88 Å². The van der Waals surface area contributed by atoms with E-state index in [1.54, 1.807) is 17.4 Å². The van der Waals surface area contributed by atoms with Crippen molar-refractivity contribution in [1.82, 2.24) is 9.97 Å². The molecule has 0 fully saturated rings. The molecule has 0 aliphatic rings. The lowest BCUT2D eigenvalue weighted by Gasteiger charge is -2.05. The Labute approximate surface area is 108 Å². The number of carboxylic acid groups (broad SMARTS) is 1. The first-order chi connectivity index (χ1) is 8.54. The summed E-state index contributed by atoms with van der Waals surface area (Å²) in [4.78, 5) is 21.1. The Morgan fingerprint density at radius 1 is 1.39 bits per heavy atom. The predicted molar refractivity (Wildman–Crippen MR) is 67.9 cm³/mol. The summed E-state index contributed by atoms with van der Waals surface area (Å²) in [5, 5.41) is 8.57. The van der Waals surface area contributed by atoms with E-state index in [9.17, 15) is 4.79 Å². The quantitative estimate of drug-likeness (QED) is 0.917. The van der Waals surface area contributed by atoms with Gasteiger partial charge in [-0.05, 0) is 26.0 Å². The molecule has 2 aromatic rings. The molecular formula is C12H12N2O3S. The van der Waals surface area contributed by atoms with E-state index in [1.807, 2.05) is 26.0 Å². The van der Waals surface area contributed by atoms with Gasteiger partial charge in [-0.2, -0.15) is 4.98 Å². The lowest BCUT2D eigenvalue weighted by molar-refractivity contribution is -0.139. The van der Waals surface area contributed by atoms with Gasteiger partial charge in [0, 0.05) is 16.6 Å². The second-order valence-corrected chi connectivity index (χ2v) is 5.05. The number of aromatic nitrogens is 2. The third kappa shape index (κ3) is 3.04. The monoisotopic (exact) mass is 264 g/mol. The van der Waals surface area contributed by atoms with Crippen LogP contribution in [0, 0.1) is 13.8 Å². The fourth-order valence-corrected chi connectivity index (χ4v) is 2.22. The maximum Gasteiger partial charge on any atom is 0.341 e. The van der Waals surface area contributed by atoms with Crippen molar-refractivity contribution < 1.29 is 14.6 Å². The first-order valence-electron chi connectivity index (χ1n) is 5.31. The van der Waals surface area contributed by atoms with Crippen LogP contribution in [-0.2, 0) is 4.79 Å². The third-order valence-electron chi connectivity index (χ3n) is 2.13. The second-order valence-electron chi connectivity index (χ2n) is 3.76. The van der Waals surface area contributed by atoms with E-state index in [2.05, 4.69) is 9.97 Å². The maximum atomic E-state index is 10.4. The molecule has 0 spiro atoms. The summed E-state index contributed by atoms with van der Waals surface area (Å²) in [7, 11) is 0. The molecule has 1 N–H and O–H groups in total. The Balaban J connectivity index is 2.29. The van der Waals surface area contributed by atoms with E-state index in [0.29, 0.717) is 5.82 Å². The third-order valence-corrected chi connectivity index (χ3v) is 3.13. The van der Waals surface area contributed by atoms with Crippen molar-refractivity contribution in [3.8, 4) is 16.6 Å². The number of rotatable bonds is 4. The lowest BCUT2D eigenvalue weighted by Crippen LogP contribution is -2.10. The zero-order valence-electron chi connectivity index (χ0n) is 10.0. The number of aryl methyl sites for hydroxylation is 2. The molecule has 0 aliphatic carbocycles. The van der Waals surface area contributed by atoms with Crippen LogP contribution in [0.5, 0.6) is 5.88 Å². The van der Waals surface area contributed by atoms with Crippen LogP contribution in [-0.4, -0.2) is 27.7 Å². The maximum absolute atomic E-state index is 10.4. The lowest BCUT2D eigenvalue weighted by atomic mass is 10.4. The SMILES string of the molecule is Cc1cc(OCC(=O)O)nc(-c2ccc(C)s2)n1. The van der Waals surface area contributed by atoms with Gasteiger partial charge in [-0.25, -0.2) is 9.78 Å². The molecule has 18 heavy (non-hydrogen) atoms. The Hall–Kier alpha value is -1.95. The van der Waals surface area contributed by atoms with Gasteiger partial charge in [0.15, 0.2) is 12.4 Å². The van der Waals surface area contributed by atoms with Crippen LogP contribution in [0.15, 0.2) is 18.2 Å². The van der Waals surface area contributed by atoms with Crippen LogP contribution in [0.4, 0.5) is 0 Å². The van der Waals surface area contributed by atoms with Crippen molar-refractivity contribution in [2.45, 2.75) is 13.8 Å². The molecule has 0 atom stereocenters. The molecule has 0 amide bonds. The summed E-state index contributed by atoms with van der Waals surface area (Å²) in [5.41, 5.74) is 0.742. The Morgan fingerprint density at radius 3 is 2.78 bits per heavy atom. The number of nitrogens with zero attached hydrogens (tertiary/aromatic N) is 2. The number of carbonyl (C=O) groups is 1. The minimum Gasteiger partial charge on any atom is -0.479 e. The van der Waals surface area contributed by atoms with E-state index in [4.69, 9.17) is 9.84 Å². The summed E-state index contributed by atoms with van der Waals surface area (Å²) in [6, 6.07) is 5.55. The number of thiophene rings is 1. The van der Waals surface area contributed by atoms with Gasteiger partial charge in [-0.15, -0.1) is 11.3 Å². The van der Waals surface area contributed by atoms with Crippen molar-refractivity contribution in [2.24, 2.45) is 0 Å². The van der Waals surface area contributed by atoms with Gasteiger partial charge in [0.2, 0.25) is 5.88 Å². The molecule has 0 aliphatic heterocycles. The largest absolute Gasteiger partial charge is 0.479 e. The first-order valence-corrected chi connectivity index (χ1v) is 6.13. The topological polar surface area (TPSA) is 72.3 Å². The highest BCUT2D eigenvalue weighted by molar-refractivity contribution is 7.15. The van der Waals surface area contributed by atoms with Crippen molar-refractivity contribution in [3.05, 3.63) is 28.8 Å². The molecule has 6 heteroatoms. The predicted octanol–water partition coefficient (Wildman–Crippen LogP) is 2.29. The van der Waals surface area contributed by atoms with Crippen molar-refractivity contribution >= 4 is 17.3 Å². The minimum atomic E-state index is -1.03. The van der Waals surface area contributed by atoms with Crippen LogP contribution in [0.2, 0.25) is 0 Å². The molecule has 2 heterocycles. The van der Waals surface area contributed by atoms with Gasteiger partial charge in [0.25, 0.3) is 0 Å². The Bertz CT molecular complexity index is 580. The van der Waals surface area contributed by atoms with Crippen LogP contribution >= 0.6 is 11.3 Å². The molecule has 0 bridgehead atoms. The van der Waals surface area contributed by atoms with E-state index in [1.165, 1.54) is 4.88 Å². The minimum absolute atomic E-state index is 0.283. The fraction of sp³-hybridized carbons (Fsp3) is 0.250. The highest BCUT2D eigenvalue weighted by atomic mass is 32.1. The summed E-state index contributed by atoms with van der Waals surface area (Å²) in [6.45, 7) is 3.42. The van der Waals surface area contributed by atoms with Crippen molar-refractivity contribution in [2.75, 3.05) is 6.61 Å². The molecular weight excluding hydrogens is 252 g/mol. The number of ether oxygens (including phenoxy) is 1. The normalized spacial score (nSPS) is 10.3. The zero-order valence-corrected chi connectivity index (χ0v) is 10.8. The smallest absolute Gasteiger partial charge is 0.341 e. The van der Waals surface area contributed by atoms with Crippen LogP contribution in [0.25, 0.3) is 10.7 Å². The van der Waals surface area contributed by atoms with E-state index in [0.717, 1.165) is 10.6 Å². The van der Waals surface area contributed by atoms with Crippen LogP contribution in [0.1, 0.15) is 10.6 Å². The Morgan fingerprint density at radius 2 is 2.17 bits per heavy atom. The van der Waals surface area contributed by atoms with Crippen LogP contribution in [0.3, 0.4) is 0 Å². The van der Waals surface area contributed by atoms with Gasteiger partial charge in [0.05, 0.1) is 4.88 Å². The first kappa shape index (κ1) is 12.5. The number of hydrogen-bond acceptors (Lipinski definition) is 5. The highest BCUT2D eigenvalue weighted by Crippen LogP contribution is 2.26. The molecule has 0 radical (unpaired) electrons. The highest BCUT2D eigenvalue weighted by Gasteiger charge is 2.08. The summed E-state index contributed by atoms with van der Waals surface area (Å²) in [5.74, 6) is -0.181. The molecule has 0 unspecified atom stereocenters. The summed E-state index contributed by atoms with van der Waals surface area (Å²) < 4.78 is 5.07. The van der Waals surface area contributed by atoms with Gasteiger partial charge in [-0.3, -0.25) is 0 Å². The zero-order chi connectivity index (χ0) is 13.1. The summed E-state index contributed by atoms with van der Waals surface area (Å²) >= 11 is 1.59. The molecule has 5 nitrogen and oxygen atoms in total. The molecule has 0 aromatic carbocycles. The van der Waals surface area contributed by atoms with Gasteiger partial charge in [-0.1, -0.05) is 0 Å². The number of carboxylic acids is 1.